The van der Waals surface area contributed by atoms with E-state index in [1.54, 1.807) is 18.2 Å². The van der Waals surface area contributed by atoms with E-state index in [1.165, 1.54) is 11.6 Å². The van der Waals surface area contributed by atoms with Crippen molar-refractivity contribution in [3.63, 3.8) is 0 Å². The van der Waals surface area contributed by atoms with Crippen molar-refractivity contribution in [1.82, 2.24) is 10.6 Å². The molecule has 5 heteroatoms. The Hall–Kier alpha value is -2.40. The first-order valence-electron chi connectivity index (χ1n) is 9.63. The normalized spacial score (nSPS) is 26.1. The van der Waals surface area contributed by atoms with E-state index in [0.29, 0.717) is 12.6 Å². The summed E-state index contributed by atoms with van der Waals surface area (Å²) in [5.74, 6) is -0.0998. The zero-order valence-corrected chi connectivity index (χ0v) is 15.3. The van der Waals surface area contributed by atoms with Gasteiger partial charge in [-0.15, -0.1) is 0 Å². The maximum Gasteiger partial charge on any atom is 0.228 e. The van der Waals surface area contributed by atoms with Crippen molar-refractivity contribution >= 4 is 5.91 Å². The van der Waals surface area contributed by atoms with Gasteiger partial charge in [0.2, 0.25) is 5.91 Å². The number of nitrogens with one attached hydrogen (secondary N) is 2. The lowest BCUT2D eigenvalue weighted by Gasteiger charge is -2.35. The zero-order valence-electron chi connectivity index (χ0n) is 15.3. The number of fused-ring (bicyclic) bond motifs is 2. The second-order valence-corrected chi connectivity index (χ2v) is 7.55. The maximum atomic E-state index is 13.6. The Kier molecular flexibility index (Phi) is 5.12. The molecule has 2 saturated heterocycles. The fourth-order valence-electron chi connectivity index (χ4n) is 4.55. The Balaban J connectivity index is 1.39. The van der Waals surface area contributed by atoms with Crippen LogP contribution >= 0.6 is 0 Å². The fraction of sp³-hybridized carbons (Fsp3) is 0.409. The molecule has 1 amide bonds. The highest BCUT2D eigenvalue weighted by atomic mass is 19.1. The average Bonchev–Trinajstić information content (AvgIpc) is 3.29. The molecule has 27 heavy (non-hydrogen) atoms. The number of carbonyl (C=O) groups excluding carboxylic acids is 1. The summed E-state index contributed by atoms with van der Waals surface area (Å²) in [6.07, 6.45) is 3.79. The largest absolute Gasteiger partial charge is 0.489 e. The number of halogens is 1. The van der Waals surface area contributed by atoms with Crippen LogP contribution in [0, 0.1) is 11.2 Å². The predicted molar refractivity (Wildman–Crippen MR) is 102 cm³/mol. The zero-order chi connectivity index (χ0) is 18.7. The molecule has 0 aromatic heterocycles. The molecule has 0 radical (unpaired) electrons. The summed E-state index contributed by atoms with van der Waals surface area (Å²) in [5, 5.41) is 6.64. The van der Waals surface area contributed by atoms with Gasteiger partial charge in [0, 0.05) is 12.1 Å². The lowest BCUT2D eigenvalue weighted by molar-refractivity contribution is -0.132. The standard InChI is InChI=1S/C22H25FN2O2/c23-18-8-4-5-9-19(18)27-13-12-24-21(26)22(14-16-6-2-1-3-7-16)15-17-10-11-20(22)25-17/h1-9,17,20,25H,10-15H2,(H,24,26)/t17-,20+,22+/m0/s1. The molecule has 2 aromatic rings. The van der Waals surface area contributed by atoms with Gasteiger partial charge in [-0.1, -0.05) is 42.5 Å². The Morgan fingerprint density at radius 3 is 2.63 bits per heavy atom. The van der Waals surface area contributed by atoms with Gasteiger partial charge in [0.1, 0.15) is 6.61 Å². The quantitative estimate of drug-likeness (QED) is 0.739. The van der Waals surface area contributed by atoms with E-state index in [1.807, 2.05) is 18.2 Å². The maximum absolute atomic E-state index is 13.6. The van der Waals surface area contributed by atoms with Crippen LogP contribution in [0.25, 0.3) is 0 Å². The molecule has 2 aliphatic rings. The van der Waals surface area contributed by atoms with E-state index in [4.69, 9.17) is 4.74 Å². The summed E-state index contributed by atoms with van der Waals surface area (Å²) in [6.45, 7) is 0.608. The van der Waals surface area contributed by atoms with E-state index >= 15 is 0 Å². The summed E-state index contributed by atoms with van der Waals surface area (Å²) in [4.78, 5) is 13.2. The number of hydrogen-bond donors (Lipinski definition) is 2. The predicted octanol–water partition coefficient (Wildman–Crippen LogP) is 3.07. The van der Waals surface area contributed by atoms with E-state index in [2.05, 4.69) is 22.8 Å². The number of carbonyl (C=O) groups is 1. The highest BCUT2D eigenvalue weighted by Gasteiger charge is 2.55. The molecule has 0 unspecified atom stereocenters. The first-order valence-corrected chi connectivity index (χ1v) is 9.63. The first kappa shape index (κ1) is 18.0. The van der Waals surface area contributed by atoms with Crippen LogP contribution in [-0.2, 0) is 11.2 Å². The molecule has 2 bridgehead atoms. The molecule has 4 nitrogen and oxygen atoms in total. The van der Waals surface area contributed by atoms with Gasteiger partial charge in [-0.25, -0.2) is 4.39 Å². The van der Waals surface area contributed by atoms with Crippen LogP contribution in [0.2, 0.25) is 0 Å². The smallest absolute Gasteiger partial charge is 0.228 e. The molecule has 2 N–H and O–H groups in total. The van der Waals surface area contributed by atoms with E-state index in [0.717, 1.165) is 25.7 Å². The van der Waals surface area contributed by atoms with Crippen molar-refractivity contribution in [2.45, 2.75) is 37.8 Å². The molecule has 0 aliphatic carbocycles. The van der Waals surface area contributed by atoms with Crippen LogP contribution in [0.1, 0.15) is 24.8 Å². The Morgan fingerprint density at radius 2 is 1.93 bits per heavy atom. The van der Waals surface area contributed by atoms with E-state index in [9.17, 15) is 9.18 Å². The van der Waals surface area contributed by atoms with Crippen molar-refractivity contribution in [1.29, 1.82) is 0 Å². The first-order chi connectivity index (χ1) is 13.2. The number of amides is 1. The minimum absolute atomic E-state index is 0.0724. The minimum Gasteiger partial charge on any atom is -0.489 e. The SMILES string of the molecule is O=C(NCCOc1ccccc1F)[C@]1(Cc2ccccc2)C[C@@H]2CC[C@H]1N2. The summed E-state index contributed by atoms with van der Waals surface area (Å²) >= 11 is 0. The van der Waals surface area contributed by atoms with Gasteiger partial charge in [-0.05, 0) is 43.4 Å². The van der Waals surface area contributed by atoms with Crippen LogP contribution in [0.15, 0.2) is 54.6 Å². The molecule has 2 aliphatic heterocycles. The second-order valence-electron chi connectivity index (χ2n) is 7.55. The third kappa shape index (κ3) is 3.69. The van der Waals surface area contributed by atoms with Crippen molar-refractivity contribution in [3.05, 3.63) is 66.0 Å². The van der Waals surface area contributed by atoms with E-state index < -0.39 is 5.41 Å². The lowest BCUT2D eigenvalue weighted by atomic mass is 9.69. The highest BCUT2D eigenvalue weighted by Crippen LogP contribution is 2.45. The number of benzene rings is 2. The van der Waals surface area contributed by atoms with Crippen molar-refractivity contribution < 1.29 is 13.9 Å². The molecular weight excluding hydrogens is 343 g/mol. The van der Waals surface area contributed by atoms with Gasteiger partial charge in [-0.3, -0.25) is 4.79 Å². The third-order valence-corrected chi connectivity index (χ3v) is 5.81. The van der Waals surface area contributed by atoms with Crippen LogP contribution in [0.4, 0.5) is 4.39 Å². The summed E-state index contributed by atoms with van der Waals surface area (Å²) in [5.41, 5.74) is 0.770. The summed E-state index contributed by atoms with van der Waals surface area (Å²) < 4.78 is 19.1. The van der Waals surface area contributed by atoms with Gasteiger partial charge in [-0.2, -0.15) is 0 Å². The van der Waals surface area contributed by atoms with Gasteiger partial charge in [0.05, 0.1) is 12.0 Å². The Morgan fingerprint density at radius 1 is 1.15 bits per heavy atom. The van der Waals surface area contributed by atoms with Gasteiger partial charge in [0.25, 0.3) is 0 Å². The monoisotopic (exact) mass is 368 g/mol. The number of para-hydroxylation sites is 1. The molecule has 4 rings (SSSR count). The third-order valence-electron chi connectivity index (χ3n) is 5.81. The topological polar surface area (TPSA) is 50.4 Å². The van der Waals surface area contributed by atoms with E-state index in [-0.39, 0.29) is 30.1 Å². The van der Waals surface area contributed by atoms with Crippen molar-refractivity contribution in [2.75, 3.05) is 13.2 Å². The van der Waals surface area contributed by atoms with Crippen molar-refractivity contribution in [2.24, 2.45) is 5.41 Å². The highest BCUT2D eigenvalue weighted by molar-refractivity contribution is 5.84. The van der Waals surface area contributed by atoms with Crippen LogP contribution < -0.4 is 15.4 Å². The van der Waals surface area contributed by atoms with Crippen LogP contribution in [0.5, 0.6) is 5.75 Å². The Bertz CT molecular complexity index is 798. The summed E-state index contributed by atoms with van der Waals surface area (Å²) in [6, 6.07) is 17.2. The minimum atomic E-state index is -0.414. The lowest BCUT2D eigenvalue weighted by Crippen LogP contribution is -2.50. The van der Waals surface area contributed by atoms with Gasteiger partial charge < -0.3 is 15.4 Å². The van der Waals surface area contributed by atoms with Crippen LogP contribution in [-0.4, -0.2) is 31.1 Å². The van der Waals surface area contributed by atoms with Gasteiger partial charge >= 0.3 is 0 Å². The number of ether oxygens (including phenoxy) is 1. The van der Waals surface area contributed by atoms with Crippen LogP contribution in [0.3, 0.4) is 0 Å². The molecule has 2 aromatic carbocycles. The molecule has 0 spiro atoms. The van der Waals surface area contributed by atoms with Gasteiger partial charge in [0.15, 0.2) is 11.6 Å². The molecule has 0 saturated carbocycles. The number of hydrogen-bond acceptors (Lipinski definition) is 3. The molecule has 3 atom stereocenters. The molecule has 2 heterocycles. The Labute approximate surface area is 159 Å². The second kappa shape index (κ2) is 7.69. The molecule has 2 fully saturated rings. The average molecular weight is 368 g/mol. The summed E-state index contributed by atoms with van der Waals surface area (Å²) in [7, 11) is 0. The van der Waals surface area contributed by atoms with Crippen molar-refractivity contribution in [3.8, 4) is 5.75 Å². The molecular formula is C22H25FN2O2. The number of rotatable bonds is 7. The fourth-order valence-corrected chi connectivity index (χ4v) is 4.55. The molecule has 142 valence electrons.